The number of likely N-dealkylation sites (N-methyl/N-ethyl adjacent to an activating group) is 1. The average Bonchev–Trinajstić information content (AvgIpc) is 2.60. The molecule has 2 aliphatic rings. The Kier molecular flexibility index (Phi) is 5.45. The van der Waals surface area contributed by atoms with Crippen LogP contribution >= 0.6 is 0 Å². The summed E-state index contributed by atoms with van der Waals surface area (Å²) in [4.78, 5) is 29.7. The van der Waals surface area contributed by atoms with Gasteiger partial charge < -0.3 is 19.4 Å². The summed E-state index contributed by atoms with van der Waals surface area (Å²) < 4.78 is 5.32. The van der Waals surface area contributed by atoms with Gasteiger partial charge in [-0.2, -0.15) is 0 Å². The molecule has 0 aromatic heterocycles. The molecule has 2 heterocycles. The van der Waals surface area contributed by atoms with Gasteiger partial charge in [0.2, 0.25) is 11.8 Å². The van der Waals surface area contributed by atoms with Gasteiger partial charge in [0.1, 0.15) is 0 Å². The van der Waals surface area contributed by atoms with E-state index in [0.717, 1.165) is 32.6 Å². The van der Waals surface area contributed by atoms with Crippen molar-refractivity contribution < 1.29 is 14.3 Å². The van der Waals surface area contributed by atoms with Crippen molar-refractivity contribution in [1.82, 2.24) is 14.7 Å². The molecule has 2 fully saturated rings. The van der Waals surface area contributed by atoms with E-state index in [1.54, 1.807) is 23.9 Å². The Hall–Kier alpha value is -1.14. The van der Waals surface area contributed by atoms with Gasteiger partial charge in [0.25, 0.3) is 0 Å². The highest BCUT2D eigenvalue weighted by molar-refractivity contribution is 5.84. The van der Waals surface area contributed by atoms with Crippen LogP contribution in [0.15, 0.2) is 0 Å². The maximum Gasteiger partial charge on any atom is 0.241 e. The number of hydrogen-bond acceptors (Lipinski definition) is 4. The smallest absolute Gasteiger partial charge is 0.241 e. The predicted molar refractivity (Wildman–Crippen MR) is 84.5 cm³/mol. The van der Waals surface area contributed by atoms with Gasteiger partial charge in [0.15, 0.2) is 0 Å². The molecule has 2 saturated heterocycles. The fourth-order valence-electron chi connectivity index (χ4n) is 3.21. The Labute approximate surface area is 133 Å². The highest BCUT2D eigenvalue weighted by Gasteiger charge is 2.36. The maximum atomic E-state index is 12.2. The van der Waals surface area contributed by atoms with E-state index < -0.39 is 0 Å². The molecule has 0 spiro atoms. The Bertz CT molecular complexity index is 421. The molecule has 0 aromatic carbocycles. The van der Waals surface area contributed by atoms with Crippen LogP contribution in [-0.4, -0.2) is 86.5 Å². The van der Waals surface area contributed by atoms with Gasteiger partial charge in [-0.15, -0.1) is 0 Å². The highest BCUT2D eigenvalue weighted by Crippen LogP contribution is 2.29. The van der Waals surface area contributed by atoms with Gasteiger partial charge in [-0.25, -0.2) is 0 Å². The van der Waals surface area contributed by atoms with Crippen LogP contribution in [0.2, 0.25) is 0 Å². The van der Waals surface area contributed by atoms with Crippen molar-refractivity contribution in [3.63, 3.8) is 0 Å². The van der Waals surface area contributed by atoms with Crippen LogP contribution in [0.3, 0.4) is 0 Å². The van der Waals surface area contributed by atoms with E-state index in [-0.39, 0.29) is 23.8 Å². The van der Waals surface area contributed by atoms with Crippen molar-refractivity contribution in [2.45, 2.75) is 32.2 Å². The Morgan fingerprint density at radius 1 is 1.32 bits per heavy atom. The summed E-state index contributed by atoms with van der Waals surface area (Å²) >= 11 is 0. The molecule has 0 bridgehead atoms. The number of likely N-dealkylation sites (tertiary alicyclic amines) is 1. The third kappa shape index (κ3) is 4.20. The zero-order chi connectivity index (χ0) is 16.3. The molecule has 22 heavy (non-hydrogen) atoms. The first kappa shape index (κ1) is 17.2. The van der Waals surface area contributed by atoms with Crippen LogP contribution in [-0.2, 0) is 14.3 Å². The number of ether oxygens (including phenoxy) is 1. The van der Waals surface area contributed by atoms with Crippen molar-refractivity contribution in [1.29, 1.82) is 0 Å². The molecule has 0 saturated carbocycles. The molecule has 1 atom stereocenters. The Morgan fingerprint density at radius 2 is 2.00 bits per heavy atom. The summed E-state index contributed by atoms with van der Waals surface area (Å²) in [6.45, 7) is 5.77. The van der Waals surface area contributed by atoms with Crippen molar-refractivity contribution in [2.75, 3.05) is 54.0 Å². The minimum atomic E-state index is -0.0146. The summed E-state index contributed by atoms with van der Waals surface area (Å²) in [7, 11) is 5.59. The molecule has 2 aliphatic heterocycles. The molecule has 2 rings (SSSR count). The number of hydrogen-bond donors (Lipinski definition) is 0. The average molecular weight is 311 g/mol. The van der Waals surface area contributed by atoms with E-state index in [0.29, 0.717) is 19.0 Å². The van der Waals surface area contributed by atoms with Gasteiger partial charge in [-0.3, -0.25) is 9.59 Å². The van der Waals surface area contributed by atoms with Gasteiger partial charge in [0.05, 0.1) is 19.8 Å². The molecular formula is C16H29N3O3. The standard InChI is InChI=1S/C16H29N3O3/c1-16(11-22-12-16)10-18(4)13-5-6-14(20)19(8-7-13)9-15(21)17(2)3/h13H,5-12H2,1-4H3/t13-/m1/s1. The maximum absolute atomic E-state index is 12.2. The van der Waals surface area contributed by atoms with Gasteiger partial charge in [-0.05, 0) is 19.9 Å². The van der Waals surface area contributed by atoms with Crippen molar-refractivity contribution in [3.05, 3.63) is 0 Å². The molecule has 0 unspecified atom stereocenters. The molecule has 0 aliphatic carbocycles. The lowest BCUT2D eigenvalue weighted by atomic mass is 9.87. The number of rotatable bonds is 5. The van der Waals surface area contributed by atoms with Crippen molar-refractivity contribution >= 4 is 11.8 Å². The summed E-state index contributed by atoms with van der Waals surface area (Å²) in [5.74, 6) is 0.0866. The van der Waals surface area contributed by atoms with Gasteiger partial charge >= 0.3 is 0 Å². The zero-order valence-corrected chi connectivity index (χ0v) is 14.3. The molecule has 0 N–H and O–H groups in total. The fraction of sp³-hybridized carbons (Fsp3) is 0.875. The lowest BCUT2D eigenvalue weighted by molar-refractivity contribution is -0.138. The normalized spacial score (nSPS) is 24.9. The molecular weight excluding hydrogens is 282 g/mol. The first-order valence-electron chi connectivity index (χ1n) is 8.07. The minimum Gasteiger partial charge on any atom is -0.380 e. The monoisotopic (exact) mass is 311 g/mol. The van der Waals surface area contributed by atoms with Crippen LogP contribution in [0.4, 0.5) is 0 Å². The van der Waals surface area contributed by atoms with Crippen LogP contribution in [0.25, 0.3) is 0 Å². The van der Waals surface area contributed by atoms with Crippen LogP contribution in [0.5, 0.6) is 0 Å². The van der Waals surface area contributed by atoms with E-state index in [4.69, 9.17) is 4.74 Å². The molecule has 0 aromatic rings. The number of carbonyl (C=O) groups excluding carboxylic acids is 2. The molecule has 0 radical (unpaired) electrons. The van der Waals surface area contributed by atoms with Crippen LogP contribution in [0.1, 0.15) is 26.2 Å². The van der Waals surface area contributed by atoms with Gasteiger partial charge in [-0.1, -0.05) is 6.92 Å². The summed E-state index contributed by atoms with van der Waals surface area (Å²) in [6, 6.07) is 0.404. The fourth-order valence-corrected chi connectivity index (χ4v) is 3.21. The Balaban J connectivity index is 1.87. The zero-order valence-electron chi connectivity index (χ0n) is 14.3. The largest absolute Gasteiger partial charge is 0.380 e. The third-order valence-electron chi connectivity index (χ3n) is 4.76. The van der Waals surface area contributed by atoms with Crippen LogP contribution < -0.4 is 0 Å². The second kappa shape index (κ2) is 6.96. The van der Waals surface area contributed by atoms with Crippen LogP contribution in [0, 0.1) is 5.41 Å². The molecule has 6 nitrogen and oxygen atoms in total. The van der Waals surface area contributed by atoms with E-state index in [1.807, 2.05) is 0 Å². The first-order valence-corrected chi connectivity index (χ1v) is 8.07. The summed E-state index contributed by atoms with van der Waals surface area (Å²) in [6.07, 6.45) is 2.34. The van der Waals surface area contributed by atoms with E-state index in [2.05, 4.69) is 18.9 Å². The lowest BCUT2D eigenvalue weighted by Gasteiger charge is -2.42. The first-order chi connectivity index (χ1) is 10.3. The topological polar surface area (TPSA) is 53.1 Å². The number of amides is 2. The highest BCUT2D eigenvalue weighted by atomic mass is 16.5. The predicted octanol–water partition coefficient (Wildman–Crippen LogP) is 0.424. The van der Waals surface area contributed by atoms with E-state index in [9.17, 15) is 9.59 Å². The minimum absolute atomic E-state index is 0.0146. The number of nitrogens with zero attached hydrogens (tertiary/aromatic N) is 3. The summed E-state index contributed by atoms with van der Waals surface area (Å²) in [5.41, 5.74) is 0.256. The van der Waals surface area contributed by atoms with Crippen molar-refractivity contribution in [3.8, 4) is 0 Å². The Morgan fingerprint density at radius 3 is 2.55 bits per heavy atom. The molecule has 6 heteroatoms. The third-order valence-corrected chi connectivity index (χ3v) is 4.76. The number of carbonyl (C=O) groups is 2. The lowest BCUT2D eigenvalue weighted by Crippen LogP contribution is -2.50. The SMILES string of the molecule is CN(C)C(=O)CN1CC[C@H](N(C)CC2(C)COC2)CCC1=O. The van der Waals surface area contributed by atoms with E-state index >= 15 is 0 Å². The van der Waals surface area contributed by atoms with Crippen molar-refractivity contribution in [2.24, 2.45) is 5.41 Å². The quantitative estimate of drug-likeness (QED) is 0.739. The summed E-state index contributed by atoms with van der Waals surface area (Å²) in [5, 5.41) is 0. The molecule has 2 amide bonds. The van der Waals surface area contributed by atoms with Gasteiger partial charge in [0, 0.05) is 45.1 Å². The van der Waals surface area contributed by atoms with E-state index in [1.165, 1.54) is 0 Å². The second-order valence-corrected chi connectivity index (χ2v) is 7.30. The second-order valence-electron chi connectivity index (χ2n) is 7.30. The molecule has 126 valence electrons.